The van der Waals surface area contributed by atoms with Crippen LogP contribution in [0.5, 0.6) is 0 Å². The van der Waals surface area contributed by atoms with Crippen LogP contribution in [0.15, 0.2) is 41.3 Å². The third-order valence-corrected chi connectivity index (χ3v) is 6.60. The van der Waals surface area contributed by atoms with Crippen LogP contribution < -0.4 is 9.21 Å². The minimum atomic E-state index is -3.89. The van der Waals surface area contributed by atoms with Crippen LogP contribution in [0.1, 0.15) is 27.9 Å². The quantitative estimate of drug-likeness (QED) is 0.871. The van der Waals surface area contributed by atoms with Crippen molar-refractivity contribution in [2.45, 2.75) is 24.2 Å². The molecule has 0 atom stereocenters. The first kappa shape index (κ1) is 18.3. The zero-order chi connectivity index (χ0) is 19.1. The molecule has 0 unspecified atom stereocenters. The standard InChI is InChI=1S/C19H22N2O4S/c1-20(2)16-9-4-5-10-17(16)21(3)26(24,25)18-12-14(19(22)23)11-13-7-6-8-15(13)18/h4-5,9-12H,6-8H2,1-3H3,(H,22,23). The molecule has 1 aliphatic carbocycles. The monoisotopic (exact) mass is 374 g/mol. The molecule has 0 aliphatic heterocycles. The Morgan fingerprint density at radius 1 is 1.04 bits per heavy atom. The minimum Gasteiger partial charge on any atom is -0.478 e. The van der Waals surface area contributed by atoms with E-state index in [1.165, 1.54) is 17.4 Å². The lowest BCUT2D eigenvalue weighted by atomic mass is 10.1. The summed E-state index contributed by atoms with van der Waals surface area (Å²) >= 11 is 0. The summed E-state index contributed by atoms with van der Waals surface area (Å²) in [4.78, 5) is 13.4. The number of carboxylic acid groups (broad SMARTS) is 1. The van der Waals surface area contributed by atoms with E-state index in [4.69, 9.17) is 0 Å². The Labute approximate surface area is 153 Å². The lowest BCUT2D eigenvalue weighted by molar-refractivity contribution is 0.0696. The topological polar surface area (TPSA) is 77.9 Å². The second-order valence-electron chi connectivity index (χ2n) is 6.63. The highest BCUT2D eigenvalue weighted by molar-refractivity contribution is 7.92. The van der Waals surface area contributed by atoms with Crippen LogP contribution in [0, 0.1) is 0 Å². The molecular weight excluding hydrogens is 352 g/mol. The SMILES string of the molecule is CN(C)c1ccccc1N(C)S(=O)(=O)c1cc(C(=O)O)cc2c1CCC2. The summed E-state index contributed by atoms with van der Waals surface area (Å²) in [7, 11) is 1.32. The molecule has 0 saturated carbocycles. The summed E-state index contributed by atoms with van der Waals surface area (Å²) in [5.74, 6) is -1.12. The Morgan fingerprint density at radius 2 is 1.69 bits per heavy atom. The fourth-order valence-corrected chi connectivity index (χ4v) is 4.93. The molecule has 0 bridgehead atoms. The second-order valence-corrected chi connectivity index (χ2v) is 8.56. The van der Waals surface area contributed by atoms with Crippen molar-refractivity contribution in [2.24, 2.45) is 0 Å². The molecule has 0 saturated heterocycles. The van der Waals surface area contributed by atoms with Gasteiger partial charge in [0.2, 0.25) is 0 Å². The number of rotatable bonds is 5. The maximum absolute atomic E-state index is 13.4. The molecule has 2 aromatic rings. The summed E-state index contributed by atoms with van der Waals surface area (Å²) in [6.45, 7) is 0. The predicted molar refractivity (Wildman–Crippen MR) is 102 cm³/mol. The highest BCUT2D eigenvalue weighted by Gasteiger charge is 2.30. The van der Waals surface area contributed by atoms with Gasteiger partial charge >= 0.3 is 5.97 Å². The number of carboxylic acids is 1. The Morgan fingerprint density at radius 3 is 2.31 bits per heavy atom. The molecule has 0 spiro atoms. The van der Waals surface area contributed by atoms with Crippen molar-refractivity contribution in [3.63, 3.8) is 0 Å². The van der Waals surface area contributed by atoms with E-state index in [9.17, 15) is 18.3 Å². The number of hydrogen-bond acceptors (Lipinski definition) is 4. The van der Waals surface area contributed by atoms with Crippen molar-refractivity contribution >= 4 is 27.4 Å². The summed E-state index contributed by atoms with van der Waals surface area (Å²) in [6, 6.07) is 10.1. The molecular formula is C19H22N2O4S. The largest absolute Gasteiger partial charge is 0.478 e. The maximum Gasteiger partial charge on any atom is 0.335 e. The van der Waals surface area contributed by atoms with Gasteiger partial charge < -0.3 is 10.0 Å². The molecule has 6 nitrogen and oxygen atoms in total. The third kappa shape index (κ3) is 3.03. The molecule has 1 aliphatic rings. The number of aryl methyl sites for hydroxylation is 1. The summed E-state index contributed by atoms with van der Waals surface area (Å²) in [5, 5.41) is 9.36. The normalized spacial score (nSPS) is 13.3. The molecule has 7 heteroatoms. The molecule has 0 fully saturated rings. The Kier molecular flexibility index (Phi) is 4.66. The van der Waals surface area contributed by atoms with Crippen molar-refractivity contribution in [3.05, 3.63) is 53.1 Å². The number of aromatic carboxylic acids is 1. The van der Waals surface area contributed by atoms with E-state index in [0.29, 0.717) is 18.5 Å². The molecule has 0 radical (unpaired) electrons. The number of hydrogen-bond donors (Lipinski definition) is 1. The molecule has 138 valence electrons. The van der Waals surface area contributed by atoms with Crippen molar-refractivity contribution in [1.29, 1.82) is 0 Å². The molecule has 0 amide bonds. The average molecular weight is 374 g/mol. The van der Waals surface area contributed by atoms with Gasteiger partial charge in [-0.05, 0) is 54.7 Å². The number of sulfonamides is 1. The highest BCUT2D eigenvalue weighted by Crippen LogP contribution is 2.35. The highest BCUT2D eigenvalue weighted by atomic mass is 32.2. The van der Waals surface area contributed by atoms with Crippen LogP contribution >= 0.6 is 0 Å². The van der Waals surface area contributed by atoms with Gasteiger partial charge in [-0.15, -0.1) is 0 Å². The van der Waals surface area contributed by atoms with Crippen LogP contribution in [-0.4, -0.2) is 40.6 Å². The van der Waals surface area contributed by atoms with Crippen LogP contribution in [0.25, 0.3) is 0 Å². The first-order valence-corrected chi connectivity index (χ1v) is 9.82. The van der Waals surface area contributed by atoms with Crippen molar-refractivity contribution in [3.8, 4) is 0 Å². The van der Waals surface area contributed by atoms with Gasteiger partial charge in [0.1, 0.15) is 0 Å². The number of benzene rings is 2. The minimum absolute atomic E-state index is 0.0125. The molecule has 2 aromatic carbocycles. The van der Waals surface area contributed by atoms with Crippen LogP contribution in [0.4, 0.5) is 11.4 Å². The zero-order valence-corrected chi connectivity index (χ0v) is 15.9. The Hall–Kier alpha value is -2.54. The van der Waals surface area contributed by atoms with E-state index < -0.39 is 16.0 Å². The van der Waals surface area contributed by atoms with E-state index >= 15 is 0 Å². The van der Waals surface area contributed by atoms with E-state index in [1.54, 1.807) is 18.2 Å². The smallest absolute Gasteiger partial charge is 0.335 e. The van der Waals surface area contributed by atoms with Gasteiger partial charge in [-0.1, -0.05) is 12.1 Å². The Bertz CT molecular complexity index is 967. The molecule has 1 N–H and O–H groups in total. The van der Waals surface area contributed by atoms with Gasteiger partial charge in [0.05, 0.1) is 21.8 Å². The number of anilines is 2. The lowest BCUT2D eigenvalue weighted by Gasteiger charge is -2.26. The summed E-state index contributed by atoms with van der Waals surface area (Å²) in [5.41, 5.74) is 2.88. The van der Waals surface area contributed by atoms with Crippen LogP contribution in [0.3, 0.4) is 0 Å². The van der Waals surface area contributed by atoms with Crippen LogP contribution in [-0.2, 0) is 22.9 Å². The first-order chi connectivity index (χ1) is 12.2. The van der Waals surface area contributed by atoms with Gasteiger partial charge in [-0.25, -0.2) is 13.2 Å². The summed E-state index contributed by atoms with van der Waals surface area (Å²) < 4.78 is 28.0. The molecule has 0 aromatic heterocycles. The maximum atomic E-state index is 13.4. The number of para-hydroxylation sites is 2. The van der Waals surface area contributed by atoms with Crippen molar-refractivity contribution in [2.75, 3.05) is 30.3 Å². The van der Waals surface area contributed by atoms with E-state index in [-0.39, 0.29) is 10.5 Å². The van der Waals surface area contributed by atoms with Gasteiger partial charge in [-0.3, -0.25) is 4.31 Å². The van der Waals surface area contributed by atoms with Crippen molar-refractivity contribution < 1.29 is 18.3 Å². The lowest BCUT2D eigenvalue weighted by Crippen LogP contribution is -2.29. The fourth-order valence-electron chi connectivity index (χ4n) is 3.40. The molecule has 0 heterocycles. The Balaban J connectivity index is 2.17. The number of carbonyl (C=O) groups is 1. The van der Waals surface area contributed by atoms with Gasteiger partial charge in [0, 0.05) is 21.1 Å². The van der Waals surface area contributed by atoms with Gasteiger partial charge in [0.25, 0.3) is 10.0 Å². The first-order valence-electron chi connectivity index (χ1n) is 8.38. The van der Waals surface area contributed by atoms with Crippen molar-refractivity contribution in [1.82, 2.24) is 0 Å². The van der Waals surface area contributed by atoms with Crippen LogP contribution in [0.2, 0.25) is 0 Å². The number of fused-ring (bicyclic) bond motifs is 1. The van der Waals surface area contributed by atoms with E-state index in [0.717, 1.165) is 23.2 Å². The van der Waals surface area contributed by atoms with E-state index in [1.807, 2.05) is 31.1 Å². The zero-order valence-electron chi connectivity index (χ0n) is 15.1. The summed E-state index contributed by atoms with van der Waals surface area (Å²) in [6.07, 6.45) is 2.18. The van der Waals surface area contributed by atoms with Gasteiger partial charge in [-0.2, -0.15) is 0 Å². The fraction of sp³-hybridized carbons (Fsp3) is 0.316. The predicted octanol–water partition coefficient (Wildman–Crippen LogP) is 2.76. The van der Waals surface area contributed by atoms with E-state index in [2.05, 4.69) is 0 Å². The second kappa shape index (κ2) is 6.64. The van der Waals surface area contributed by atoms with Gasteiger partial charge in [0.15, 0.2) is 0 Å². The third-order valence-electron chi connectivity index (χ3n) is 4.76. The number of nitrogens with zero attached hydrogens (tertiary/aromatic N) is 2. The molecule has 3 rings (SSSR count). The molecule has 26 heavy (non-hydrogen) atoms. The average Bonchev–Trinajstić information content (AvgIpc) is 3.08.